The summed E-state index contributed by atoms with van der Waals surface area (Å²) in [6.07, 6.45) is 0. The summed E-state index contributed by atoms with van der Waals surface area (Å²) < 4.78 is 13.6. The second-order valence-corrected chi connectivity index (χ2v) is 5.01. The molecule has 2 rings (SSSR count). The van der Waals surface area contributed by atoms with E-state index in [0.717, 1.165) is 4.88 Å². The van der Waals surface area contributed by atoms with Gasteiger partial charge < -0.3 is 5.32 Å². The summed E-state index contributed by atoms with van der Waals surface area (Å²) in [5, 5.41) is 22.4. The lowest BCUT2D eigenvalue weighted by molar-refractivity contribution is 0.618. The summed E-state index contributed by atoms with van der Waals surface area (Å²) in [5.74, 6) is -0.398. The van der Waals surface area contributed by atoms with E-state index in [-0.39, 0.29) is 5.56 Å². The predicted octanol–water partition coefficient (Wildman–Crippen LogP) is 3.55. The zero-order valence-electron chi connectivity index (χ0n) is 10.2. The van der Waals surface area contributed by atoms with E-state index < -0.39 is 5.82 Å². The third-order valence-corrected chi connectivity index (χ3v) is 3.65. The van der Waals surface area contributed by atoms with Gasteiger partial charge in [0.1, 0.15) is 11.9 Å². The Hall–Kier alpha value is -2.37. The van der Waals surface area contributed by atoms with Gasteiger partial charge >= 0.3 is 0 Å². The quantitative estimate of drug-likeness (QED) is 0.928. The average molecular weight is 271 g/mol. The Labute approximate surface area is 114 Å². The van der Waals surface area contributed by atoms with Crippen molar-refractivity contribution in [3.8, 4) is 12.1 Å². The first kappa shape index (κ1) is 13.1. The Kier molecular flexibility index (Phi) is 3.79. The normalized spacial score (nSPS) is 9.68. The number of anilines is 1. The maximum absolute atomic E-state index is 13.6. The molecule has 0 aliphatic rings. The number of nitrogens with zero attached hydrogens (tertiary/aromatic N) is 2. The molecule has 0 amide bonds. The van der Waals surface area contributed by atoms with Gasteiger partial charge in [0, 0.05) is 28.1 Å². The van der Waals surface area contributed by atoms with Gasteiger partial charge in [-0.05, 0) is 25.1 Å². The van der Waals surface area contributed by atoms with E-state index in [2.05, 4.69) is 11.4 Å². The summed E-state index contributed by atoms with van der Waals surface area (Å²) in [5.41, 5.74) is 1.99. The molecule has 0 aliphatic heterocycles. The van der Waals surface area contributed by atoms with Gasteiger partial charge in [0.2, 0.25) is 0 Å². The van der Waals surface area contributed by atoms with E-state index in [9.17, 15) is 4.39 Å². The van der Waals surface area contributed by atoms with E-state index in [1.54, 1.807) is 24.4 Å². The van der Waals surface area contributed by atoms with Crippen LogP contribution in [0.2, 0.25) is 0 Å². The molecule has 1 aromatic carbocycles. The van der Waals surface area contributed by atoms with Gasteiger partial charge in [-0.2, -0.15) is 10.5 Å². The van der Waals surface area contributed by atoms with E-state index in [1.165, 1.54) is 17.4 Å². The third kappa shape index (κ3) is 2.90. The highest BCUT2D eigenvalue weighted by atomic mass is 32.1. The molecule has 0 saturated carbocycles. The average Bonchev–Trinajstić information content (AvgIpc) is 2.88. The van der Waals surface area contributed by atoms with Crippen LogP contribution in [0.4, 0.5) is 10.1 Å². The van der Waals surface area contributed by atoms with Crippen LogP contribution < -0.4 is 5.32 Å². The molecule has 2 aromatic rings. The van der Waals surface area contributed by atoms with Crippen LogP contribution in [0, 0.1) is 35.4 Å². The fourth-order valence-corrected chi connectivity index (χ4v) is 2.39. The first-order valence-corrected chi connectivity index (χ1v) is 6.43. The van der Waals surface area contributed by atoms with Crippen LogP contribution in [-0.4, -0.2) is 0 Å². The van der Waals surface area contributed by atoms with Gasteiger partial charge in [0.15, 0.2) is 0 Å². The molecule has 0 unspecified atom stereocenters. The van der Waals surface area contributed by atoms with E-state index in [4.69, 9.17) is 10.5 Å². The summed E-state index contributed by atoms with van der Waals surface area (Å²) in [4.78, 5) is 0.985. The highest BCUT2D eigenvalue weighted by Gasteiger charge is 2.07. The zero-order valence-corrected chi connectivity index (χ0v) is 11.0. The van der Waals surface area contributed by atoms with Crippen molar-refractivity contribution in [2.45, 2.75) is 13.5 Å². The second kappa shape index (κ2) is 5.51. The number of thiophene rings is 1. The number of nitrogens with one attached hydrogen (secondary N) is 1. The van der Waals surface area contributed by atoms with Gasteiger partial charge in [0.25, 0.3) is 0 Å². The molecule has 0 spiro atoms. The lowest BCUT2D eigenvalue weighted by atomic mass is 10.1. The lowest BCUT2D eigenvalue weighted by Gasteiger charge is -2.09. The van der Waals surface area contributed by atoms with Crippen molar-refractivity contribution in [2.75, 3.05) is 5.32 Å². The van der Waals surface area contributed by atoms with Gasteiger partial charge in [-0.15, -0.1) is 11.3 Å². The minimum Gasteiger partial charge on any atom is -0.380 e. The molecule has 0 fully saturated rings. The van der Waals surface area contributed by atoms with Crippen molar-refractivity contribution in [3.05, 3.63) is 51.0 Å². The van der Waals surface area contributed by atoms with Crippen LogP contribution in [0.1, 0.15) is 21.6 Å². The van der Waals surface area contributed by atoms with Gasteiger partial charge in [-0.1, -0.05) is 0 Å². The third-order valence-electron chi connectivity index (χ3n) is 2.71. The summed E-state index contributed by atoms with van der Waals surface area (Å²) in [6, 6.07) is 8.62. The number of rotatable bonds is 3. The predicted molar refractivity (Wildman–Crippen MR) is 72.2 cm³/mol. The number of hydrogen-bond acceptors (Lipinski definition) is 4. The molecule has 3 nitrogen and oxygen atoms in total. The molecule has 0 bridgehead atoms. The Morgan fingerprint density at radius 3 is 2.58 bits per heavy atom. The maximum Gasteiger partial charge on any atom is 0.129 e. The SMILES string of the molecule is Cc1c(F)cc(C#N)cc1NCc1cc(C#N)cs1. The van der Waals surface area contributed by atoms with Gasteiger partial charge in [0.05, 0.1) is 17.2 Å². The summed E-state index contributed by atoms with van der Waals surface area (Å²) in [7, 11) is 0. The van der Waals surface area contributed by atoms with Crippen LogP contribution in [0.15, 0.2) is 23.6 Å². The highest BCUT2D eigenvalue weighted by molar-refractivity contribution is 7.10. The van der Waals surface area contributed by atoms with Crippen LogP contribution >= 0.6 is 11.3 Å². The minimum atomic E-state index is -0.398. The van der Waals surface area contributed by atoms with Crippen LogP contribution in [0.5, 0.6) is 0 Å². The highest BCUT2D eigenvalue weighted by Crippen LogP contribution is 2.22. The smallest absolute Gasteiger partial charge is 0.129 e. The molecular weight excluding hydrogens is 261 g/mol. The van der Waals surface area contributed by atoms with E-state index in [0.29, 0.717) is 23.4 Å². The van der Waals surface area contributed by atoms with Crippen LogP contribution in [-0.2, 0) is 6.54 Å². The number of nitriles is 2. The fraction of sp³-hybridized carbons (Fsp3) is 0.143. The topological polar surface area (TPSA) is 59.6 Å². The molecule has 0 atom stereocenters. The first-order chi connectivity index (χ1) is 9.13. The Morgan fingerprint density at radius 1 is 1.21 bits per heavy atom. The molecule has 1 heterocycles. The van der Waals surface area contributed by atoms with Crippen molar-refractivity contribution in [1.29, 1.82) is 10.5 Å². The maximum atomic E-state index is 13.6. The van der Waals surface area contributed by atoms with Gasteiger partial charge in [-0.25, -0.2) is 4.39 Å². The first-order valence-electron chi connectivity index (χ1n) is 5.55. The molecule has 94 valence electrons. The van der Waals surface area contributed by atoms with Gasteiger partial charge in [-0.3, -0.25) is 0 Å². The molecule has 0 aliphatic carbocycles. The molecule has 0 saturated heterocycles. The summed E-state index contributed by atoms with van der Waals surface area (Å²) in [6.45, 7) is 2.16. The van der Waals surface area contributed by atoms with Crippen molar-refractivity contribution >= 4 is 17.0 Å². The molecule has 1 aromatic heterocycles. The standard InChI is InChI=1S/C14H10FN3S/c1-9-13(15)3-10(5-16)4-14(9)18-7-12-2-11(6-17)8-19-12/h2-4,8,18H,7H2,1H3. The molecule has 5 heteroatoms. The van der Waals surface area contributed by atoms with Crippen LogP contribution in [0.25, 0.3) is 0 Å². The largest absolute Gasteiger partial charge is 0.380 e. The second-order valence-electron chi connectivity index (χ2n) is 4.01. The molecule has 19 heavy (non-hydrogen) atoms. The molecule has 0 radical (unpaired) electrons. The Morgan fingerprint density at radius 2 is 1.95 bits per heavy atom. The monoisotopic (exact) mass is 271 g/mol. The van der Waals surface area contributed by atoms with Crippen molar-refractivity contribution in [1.82, 2.24) is 0 Å². The molecular formula is C14H10FN3S. The summed E-state index contributed by atoms with van der Waals surface area (Å²) >= 11 is 1.47. The van der Waals surface area contributed by atoms with Crippen molar-refractivity contribution in [2.24, 2.45) is 0 Å². The van der Waals surface area contributed by atoms with E-state index in [1.807, 2.05) is 6.07 Å². The zero-order chi connectivity index (χ0) is 13.8. The Balaban J connectivity index is 2.18. The van der Waals surface area contributed by atoms with Crippen LogP contribution in [0.3, 0.4) is 0 Å². The fourth-order valence-electron chi connectivity index (χ4n) is 1.64. The number of benzene rings is 1. The number of hydrogen-bond donors (Lipinski definition) is 1. The van der Waals surface area contributed by atoms with Crippen molar-refractivity contribution in [3.63, 3.8) is 0 Å². The molecule has 1 N–H and O–H groups in total. The number of halogens is 1. The van der Waals surface area contributed by atoms with E-state index >= 15 is 0 Å². The lowest BCUT2D eigenvalue weighted by Crippen LogP contribution is -2.01. The Bertz CT molecular complexity index is 692. The van der Waals surface area contributed by atoms with Crippen molar-refractivity contribution < 1.29 is 4.39 Å². The minimum absolute atomic E-state index is 0.287.